The third-order valence-corrected chi connectivity index (χ3v) is 3.38. The third-order valence-electron chi connectivity index (χ3n) is 3.38. The molecule has 1 unspecified atom stereocenters. The van der Waals surface area contributed by atoms with E-state index in [1.807, 2.05) is 37.4 Å². The summed E-state index contributed by atoms with van der Waals surface area (Å²) in [5, 5.41) is 10.6. The van der Waals surface area contributed by atoms with E-state index in [1.54, 1.807) is 10.9 Å². The molecular weight excluding hydrogens is 270 g/mol. The van der Waals surface area contributed by atoms with Crippen molar-refractivity contribution < 1.29 is 9.53 Å². The van der Waals surface area contributed by atoms with E-state index in [4.69, 9.17) is 4.74 Å². The first-order chi connectivity index (χ1) is 10.2. The van der Waals surface area contributed by atoms with Crippen molar-refractivity contribution in [2.75, 3.05) is 32.1 Å². The van der Waals surface area contributed by atoms with E-state index in [-0.39, 0.29) is 5.91 Å². The van der Waals surface area contributed by atoms with Gasteiger partial charge in [-0.05, 0) is 19.2 Å². The van der Waals surface area contributed by atoms with Gasteiger partial charge in [-0.25, -0.2) is 0 Å². The molecule has 1 atom stereocenters. The van der Waals surface area contributed by atoms with Gasteiger partial charge in [0.05, 0.1) is 12.3 Å². The Bertz CT molecular complexity index is 613. The standard InChI is InChI=1S/C14H17N5O2/c1-18-7-8-21-12(9-18)13(20)16-14-17-15-10-19(14)11-5-3-2-4-6-11/h2-6,10,12H,7-9H2,1H3,(H,16,17,20). The van der Waals surface area contributed by atoms with E-state index < -0.39 is 6.10 Å². The van der Waals surface area contributed by atoms with Crippen molar-refractivity contribution in [3.63, 3.8) is 0 Å². The molecule has 1 amide bonds. The lowest BCUT2D eigenvalue weighted by molar-refractivity contribution is -0.132. The van der Waals surface area contributed by atoms with E-state index >= 15 is 0 Å². The van der Waals surface area contributed by atoms with Gasteiger partial charge < -0.3 is 9.64 Å². The summed E-state index contributed by atoms with van der Waals surface area (Å²) >= 11 is 0. The number of rotatable bonds is 3. The van der Waals surface area contributed by atoms with Crippen molar-refractivity contribution in [1.29, 1.82) is 0 Å². The van der Waals surface area contributed by atoms with Crippen LogP contribution in [0.25, 0.3) is 5.69 Å². The van der Waals surface area contributed by atoms with Crippen molar-refractivity contribution in [1.82, 2.24) is 19.7 Å². The molecule has 1 aliphatic heterocycles. The van der Waals surface area contributed by atoms with E-state index in [0.717, 1.165) is 12.2 Å². The molecule has 0 aliphatic carbocycles. The Labute approximate surface area is 122 Å². The molecule has 0 bridgehead atoms. The number of benzene rings is 1. The number of hydrogen-bond donors (Lipinski definition) is 1. The second-order valence-corrected chi connectivity index (χ2v) is 4.97. The van der Waals surface area contributed by atoms with Gasteiger partial charge >= 0.3 is 0 Å². The molecule has 1 fully saturated rings. The van der Waals surface area contributed by atoms with Crippen molar-refractivity contribution in [3.8, 4) is 5.69 Å². The number of carbonyl (C=O) groups is 1. The summed E-state index contributed by atoms with van der Waals surface area (Å²) in [4.78, 5) is 14.3. The number of hydrogen-bond acceptors (Lipinski definition) is 5. The number of anilines is 1. The van der Waals surface area contributed by atoms with Crippen LogP contribution in [0.15, 0.2) is 36.7 Å². The Morgan fingerprint density at radius 2 is 2.19 bits per heavy atom. The van der Waals surface area contributed by atoms with E-state index in [0.29, 0.717) is 19.1 Å². The van der Waals surface area contributed by atoms with Gasteiger partial charge in [-0.15, -0.1) is 10.2 Å². The predicted molar refractivity (Wildman–Crippen MR) is 77.2 cm³/mol. The van der Waals surface area contributed by atoms with Gasteiger partial charge in [0, 0.05) is 13.1 Å². The van der Waals surface area contributed by atoms with Crippen LogP contribution in [0.5, 0.6) is 0 Å². The second kappa shape index (κ2) is 6.02. The van der Waals surface area contributed by atoms with Gasteiger partial charge in [-0.3, -0.25) is 14.7 Å². The first-order valence-corrected chi connectivity index (χ1v) is 6.80. The first kappa shape index (κ1) is 13.7. The Morgan fingerprint density at radius 1 is 1.38 bits per heavy atom. The molecule has 7 nitrogen and oxygen atoms in total. The number of para-hydroxylation sites is 1. The van der Waals surface area contributed by atoms with Crippen LogP contribution in [0.2, 0.25) is 0 Å². The molecule has 7 heteroatoms. The zero-order chi connectivity index (χ0) is 14.7. The maximum absolute atomic E-state index is 12.3. The smallest absolute Gasteiger partial charge is 0.257 e. The van der Waals surface area contributed by atoms with Crippen LogP contribution in [-0.4, -0.2) is 58.4 Å². The summed E-state index contributed by atoms with van der Waals surface area (Å²) in [6.07, 6.45) is 1.09. The highest BCUT2D eigenvalue weighted by Gasteiger charge is 2.26. The Hall–Kier alpha value is -2.25. The van der Waals surface area contributed by atoms with Crippen LogP contribution in [0, 0.1) is 0 Å². The number of morpholine rings is 1. The summed E-state index contributed by atoms with van der Waals surface area (Å²) in [6.45, 7) is 1.97. The molecule has 1 aromatic carbocycles. The molecule has 0 spiro atoms. The minimum absolute atomic E-state index is 0.202. The van der Waals surface area contributed by atoms with Crippen LogP contribution in [-0.2, 0) is 9.53 Å². The maximum Gasteiger partial charge on any atom is 0.257 e. The minimum atomic E-state index is -0.482. The fourth-order valence-electron chi connectivity index (χ4n) is 2.22. The summed E-state index contributed by atoms with van der Waals surface area (Å²) in [7, 11) is 1.97. The van der Waals surface area contributed by atoms with Gasteiger partial charge in [-0.2, -0.15) is 0 Å². The normalized spacial score (nSPS) is 19.4. The third kappa shape index (κ3) is 3.09. The predicted octanol–water partition coefficient (Wildman–Crippen LogP) is 0.536. The molecule has 0 radical (unpaired) electrons. The molecular formula is C14H17N5O2. The lowest BCUT2D eigenvalue weighted by Crippen LogP contribution is -2.46. The number of nitrogens with one attached hydrogen (secondary N) is 1. The highest BCUT2D eigenvalue weighted by molar-refractivity contribution is 5.93. The van der Waals surface area contributed by atoms with E-state index in [2.05, 4.69) is 20.4 Å². The topological polar surface area (TPSA) is 72.3 Å². The number of ether oxygens (including phenoxy) is 1. The summed E-state index contributed by atoms with van der Waals surface area (Å²) in [6, 6.07) is 9.60. The van der Waals surface area contributed by atoms with Crippen LogP contribution >= 0.6 is 0 Å². The molecule has 0 saturated carbocycles. The van der Waals surface area contributed by atoms with Crippen molar-refractivity contribution >= 4 is 11.9 Å². The monoisotopic (exact) mass is 287 g/mol. The van der Waals surface area contributed by atoms with E-state index in [1.165, 1.54) is 0 Å². The van der Waals surface area contributed by atoms with Gasteiger partial charge in [-0.1, -0.05) is 18.2 Å². The fraction of sp³-hybridized carbons (Fsp3) is 0.357. The minimum Gasteiger partial charge on any atom is -0.366 e. The quantitative estimate of drug-likeness (QED) is 0.892. The first-order valence-electron chi connectivity index (χ1n) is 6.80. The van der Waals surface area contributed by atoms with Crippen molar-refractivity contribution in [3.05, 3.63) is 36.7 Å². The van der Waals surface area contributed by atoms with E-state index in [9.17, 15) is 4.79 Å². The lowest BCUT2D eigenvalue weighted by Gasteiger charge is -2.28. The van der Waals surface area contributed by atoms with Gasteiger partial charge in [0.2, 0.25) is 5.95 Å². The second-order valence-electron chi connectivity index (χ2n) is 4.97. The average Bonchev–Trinajstić information content (AvgIpc) is 2.96. The molecule has 1 saturated heterocycles. The molecule has 110 valence electrons. The molecule has 2 aromatic rings. The molecule has 2 heterocycles. The SMILES string of the molecule is CN1CCOC(C(=O)Nc2nncn2-c2ccccc2)C1. The lowest BCUT2D eigenvalue weighted by atomic mass is 10.2. The highest BCUT2D eigenvalue weighted by atomic mass is 16.5. The molecule has 21 heavy (non-hydrogen) atoms. The summed E-state index contributed by atoms with van der Waals surface area (Å²) in [5.41, 5.74) is 0.888. The molecule has 1 N–H and O–H groups in total. The van der Waals surface area contributed by atoms with Gasteiger partial charge in [0.25, 0.3) is 5.91 Å². The van der Waals surface area contributed by atoms with Gasteiger partial charge in [0.1, 0.15) is 12.4 Å². The molecule has 3 rings (SSSR count). The average molecular weight is 287 g/mol. The van der Waals surface area contributed by atoms with Crippen LogP contribution in [0.3, 0.4) is 0 Å². The summed E-state index contributed by atoms with van der Waals surface area (Å²) in [5.74, 6) is 0.190. The number of carbonyl (C=O) groups excluding carboxylic acids is 1. The Morgan fingerprint density at radius 3 is 2.95 bits per heavy atom. The Kier molecular flexibility index (Phi) is 3.94. The zero-order valence-corrected chi connectivity index (χ0v) is 11.8. The van der Waals surface area contributed by atoms with Crippen LogP contribution in [0.1, 0.15) is 0 Å². The Balaban J connectivity index is 1.74. The highest BCUT2D eigenvalue weighted by Crippen LogP contribution is 2.13. The van der Waals surface area contributed by atoms with Gasteiger partial charge in [0.15, 0.2) is 0 Å². The maximum atomic E-state index is 12.3. The molecule has 1 aliphatic rings. The summed E-state index contributed by atoms with van der Waals surface area (Å²) < 4.78 is 7.22. The van der Waals surface area contributed by atoms with Crippen LogP contribution in [0.4, 0.5) is 5.95 Å². The molecule has 1 aromatic heterocycles. The zero-order valence-electron chi connectivity index (χ0n) is 11.8. The van der Waals surface area contributed by atoms with Crippen molar-refractivity contribution in [2.45, 2.75) is 6.10 Å². The fourth-order valence-corrected chi connectivity index (χ4v) is 2.22. The largest absolute Gasteiger partial charge is 0.366 e. The van der Waals surface area contributed by atoms with Crippen molar-refractivity contribution in [2.24, 2.45) is 0 Å². The number of nitrogens with zero attached hydrogens (tertiary/aromatic N) is 4. The number of amides is 1. The number of likely N-dealkylation sites (N-methyl/N-ethyl adjacent to an activating group) is 1. The number of aromatic nitrogens is 3. The van der Waals surface area contributed by atoms with Crippen LogP contribution < -0.4 is 5.32 Å².